The number of nitrogens with one attached hydrogen (secondary N) is 1. The maximum Gasteiger partial charge on any atom is 0.244 e. The van der Waals surface area contributed by atoms with Gasteiger partial charge in [-0.05, 0) is 37.3 Å². The summed E-state index contributed by atoms with van der Waals surface area (Å²) in [5.74, 6) is 0.701. The number of hydrogen-bond acceptors (Lipinski definition) is 5. The number of carbonyl (C=O) groups is 1. The molecule has 0 aliphatic heterocycles. The Morgan fingerprint density at radius 2 is 2.12 bits per heavy atom. The molecular formula is C19H22N4O2. The third-order valence-corrected chi connectivity index (χ3v) is 3.67. The van der Waals surface area contributed by atoms with Crippen LogP contribution in [0.3, 0.4) is 0 Å². The maximum absolute atomic E-state index is 12.2. The molecule has 0 bridgehead atoms. The summed E-state index contributed by atoms with van der Waals surface area (Å²) < 4.78 is 5.71. The number of benzene rings is 1. The first-order valence-electron chi connectivity index (χ1n) is 8.10. The summed E-state index contributed by atoms with van der Waals surface area (Å²) in [6.07, 6.45) is 3.83. The molecule has 2 rings (SSSR count). The minimum Gasteiger partial charge on any atom is -0.489 e. The number of ether oxygens (including phenoxy) is 1. The van der Waals surface area contributed by atoms with E-state index in [9.17, 15) is 4.79 Å². The summed E-state index contributed by atoms with van der Waals surface area (Å²) in [4.78, 5) is 17.8. The number of carbonyl (C=O) groups excluding carboxylic acids is 1. The minimum absolute atomic E-state index is 0.0489. The molecule has 1 amide bonds. The summed E-state index contributed by atoms with van der Waals surface area (Å²) in [6.45, 7) is 2.69. The second-order valence-corrected chi connectivity index (χ2v) is 5.71. The molecule has 0 unspecified atom stereocenters. The van der Waals surface area contributed by atoms with E-state index < -0.39 is 0 Å². The number of hydrogen-bond donors (Lipinski definition) is 1. The highest BCUT2D eigenvalue weighted by Crippen LogP contribution is 2.18. The van der Waals surface area contributed by atoms with Crippen molar-refractivity contribution >= 4 is 11.6 Å². The molecule has 1 atom stereocenters. The SMILES string of the molecule is C[C@H](Nc1ccc(OCc2cccnc2)cc1)C(=O)N(C)CCC#N. The van der Waals surface area contributed by atoms with Gasteiger partial charge in [0.15, 0.2) is 0 Å². The lowest BCUT2D eigenvalue weighted by atomic mass is 10.2. The van der Waals surface area contributed by atoms with Gasteiger partial charge in [0.25, 0.3) is 0 Å². The molecular weight excluding hydrogens is 316 g/mol. The van der Waals surface area contributed by atoms with Gasteiger partial charge >= 0.3 is 0 Å². The van der Waals surface area contributed by atoms with Crippen molar-refractivity contribution in [1.29, 1.82) is 5.26 Å². The van der Waals surface area contributed by atoms with Crippen LogP contribution in [0.1, 0.15) is 18.9 Å². The summed E-state index contributed by atoms with van der Waals surface area (Å²) >= 11 is 0. The molecule has 0 radical (unpaired) electrons. The second kappa shape index (κ2) is 9.28. The van der Waals surface area contributed by atoms with E-state index in [1.165, 1.54) is 0 Å². The number of amides is 1. The number of pyridine rings is 1. The van der Waals surface area contributed by atoms with E-state index in [1.807, 2.05) is 42.5 Å². The van der Waals surface area contributed by atoms with Crippen LogP contribution < -0.4 is 10.1 Å². The monoisotopic (exact) mass is 338 g/mol. The standard InChI is InChI=1S/C19H22N4O2/c1-15(19(24)23(2)12-4-10-20)22-17-6-8-18(9-7-17)25-14-16-5-3-11-21-13-16/h3,5-9,11,13,15,22H,4,12,14H2,1-2H3/t15-/m0/s1. The Morgan fingerprint density at radius 1 is 1.36 bits per heavy atom. The van der Waals surface area contributed by atoms with Gasteiger partial charge in [-0.15, -0.1) is 0 Å². The van der Waals surface area contributed by atoms with Crippen molar-refractivity contribution in [2.45, 2.75) is 26.0 Å². The molecule has 130 valence electrons. The van der Waals surface area contributed by atoms with E-state index >= 15 is 0 Å². The summed E-state index contributed by atoms with van der Waals surface area (Å²) in [5.41, 5.74) is 1.84. The summed E-state index contributed by atoms with van der Waals surface area (Å²) in [6, 6.07) is 13.0. The number of likely N-dealkylation sites (N-methyl/N-ethyl adjacent to an activating group) is 1. The molecule has 0 saturated carbocycles. The molecule has 0 aliphatic rings. The smallest absolute Gasteiger partial charge is 0.244 e. The van der Waals surface area contributed by atoms with E-state index in [0.29, 0.717) is 19.6 Å². The highest BCUT2D eigenvalue weighted by atomic mass is 16.5. The zero-order valence-electron chi connectivity index (χ0n) is 14.5. The molecule has 25 heavy (non-hydrogen) atoms. The first-order chi connectivity index (χ1) is 12.1. The first kappa shape index (κ1) is 18.3. The third kappa shape index (κ3) is 5.81. The van der Waals surface area contributed by atoms with Gasteiger partial charge < -0.3 is 15.0 Å². The molecule has 6 nitrogen and oxygen atoms in total. The lowest BCUT2D eigenvalue weighted by Gasteiger charge is -2.22. The highest BCUT2D eigenvalue weighted by Gasteiger charge is 2.16. The fourth-order valence-corrected chi connectivity index (χ4v) is 2.27. The van der Waals surface area contributed by atoms with E-state index in [4.69, 9.17) is 10.00 Å². The van der Waals surface area contributed by atoms with Crippen molar-refractivity contribution in [3.05, 3.63) is 54.4 Å². The Hall–Kier alpha value is -3.07. The van der Waals surface area contributed by atoms with Crippen molar-refractivity contribution < 1.29 is 9.53 Å². The molecule has 0 spiro atoms. The molecule has 2 aromatic rings. The predicted octanol–water partition coefficient (Wildman–Crippen LogP) is 2.83. The Bertz CT molecular complexity index is 710. The van der Waals surface area contributed by atoms with Crippen LogP contribution in [-0.4, -0.2) is 35.4 Å². The Kier molecular flexibility index (Phi) is 6.78. The number of nitrogens with zero attached hydrogens (tertiary/aromatic N) is 3. The average molecular weight is 338 g/mol. The largest absolute Gasteiger partial charge is 0.489 e. The van der Waals surface area contributed by atoms with Crippen LogP contribution in [0.5, 0.6) is 5.75 Å². The topological polar surface area (TPSA) is 78.2 Å². The van der Waals surface area contributed by atoms with E-state index in [1.54, 1.807) is 31.3 Å². The molecule has 1 aromatic heterocycles. The maximum atomic E-state index is 12.2. The van der Waals surface area contributed by atoms with Crippen LogP contribution in [-0.2, 0) is 11.4 Å². The van der Waals surface area contributed by atoms with Crippen molar-refractivity contribution in [3.8, 4) is 11.8 Å². The highest BCUT2D eigenvalue weighted by molar-refractivity contribution is 5.84. The first-order valence-corrected chi connectivity index (χ1v) is 8.10. The van der Waals surface area contributed by atoms with Gasteiger partial charge in [0, 0.05) is 37.2 Å². The molecule has 1 heterocycles. The predicted molar refractivity (Wildman–Crippen MR) is 96.0 cm³/mol. The summed E-state index contributed by atoms with van der Waals surface area (Å²) in [7, 11) is 1.70. The van der Waals surface area contributed by atoms with Gasteiger partial charge in [0.05, 0.1) is 12.5 Å². The van der Waals surface area contributed by atoms with Crippen molar-refractivity contribution in [1.82, 2.24) is 9.88 Å². The lowest BCUT2D eigenvalue weighted by Crippen LogP contribution is -2.39. The van der Waals surface area contributed by atoms with Crippen LogP contribution >= 0.6 is 0 Å². The number of nitriles is 1. The fourth-order valence-electron chi connectivity index (χ4n) is 2.27. The number of rotatable bonds is 8. The van der Waals surface area contributed by atoms with Crippen molar-refractivity contribution in [2.75, 3.05) is 18.9 Å². The summed E-state index contributed by atoms with van der Waals surface area (Å²) in [5, 5.41) is 11.8. The van der Waals surface area contributed by atoms with Crippen LogP contribution in [0, 0.1) is 11.3 Å². The molecule has 1 aromatic carbocycles. The van der Waals surface area contributed by atoms with E-state index in [-0.39, 0.29) is 11.9 Å². The van der Waals surface area contributed by atoms with E-state index in [0.717, 1.165) is 17.0 Å². The number of anilines is 1. The van der Waals surface area contributed by atoms with Gasteiger partial charge in [-0.25, -0.2) is 0 Å². The van der Waals surface area contributed by atoms with Crippen LogP contribution in [0.2, 0.25) is 0 Å². The molecule has 0 fully saturated rings. The molecule has 0 saturated heterocycles. The van der Waals surface area contributed by atoms with Crippen molar-refractivity contribution in [2.24, 2.45) is 0 Å². The van der Waals surface area contributed by atoms with Gasteiger partial charge in [0.1, 0.15) is 18.4 Å². The van der Waals surface area contributed by atoms with Gasteiger partial charge in [-0.2, -0.15) is 5.26 Å². The lowest BCUT2D eigenvalue weighted by molar-refractivity contribution is -0.130. The minimum atomic E-state index is -0.370. The quantitative estimate of drug-likeness (QED) is 0.801. The van der Waals surface area contributed by atoms with Crippen LogP contribution in [0.25, 0.3) is 0 Å². The Balaban J connectivity index is 1.85. The van der Waals surface area contributed by atoms with Gasteiger partial charge in [-0.3, -0.25) is 9.78 Å². The zero-order chi connectivity index (χ0) is 18.1. The van der Waals surface area contributed by atoms with Crippen molar-refractivity contribution in [3.63, 3.8) is 0 Å². The Morgan fingerprint density at radius 3 is 2.76 bits per heavy atom. The number of aromatic nitrogens is 1. The Labute approximate surface area is 148 Å². The third-order valence-electron chi connectivity index (χ3n) is 3.67. The normalized spacial score (nSPS) is 11.2. The van der Waals surface area contributed by atoms with Gasteiger partial charge in [-0.1, -0.05) is 6.07 Å². The molecule has 6 heteroatoms. The molecule has 1 N–H and O–H groups in total. The second-order valence-electron chi connectivity index (χ2n) is 5.71. The zero-order valence-corrected chi connectivity index (χ0v) is 14.5. The van der Waals surface area contributed by atoms with Crippen LogP contribution in [0.15, 0.2) is 48.8 Å². The molecule has 0 aliphatic carbocycles. The van der Waals surface area contributed by atoms with Gasteiger partial charge in [0.2, 0.25) is 5.91 Å². The average Bonchev–Trinajstić information content (AvgIpc) is 2.65. The van der Waals surface area contributed by atoms with Crippen LogP contribution in [0.4, 0.5) is 5.69 Å². The fraction of sp³-hybridized carbons (Fsp3) is 0.316. The van der Waals surface area contributed by atoms with E-state index in [2.05, 4.69) is 10.3 Å².